The summed E-state index contributed by atoms with van der Waals surface area (Å²) in [6.07, 6.45) is 1.45. The molecule has 1 nitrogen and oxygen atoms in total. The highest BCUT2D eigenvalue weighted by molar-refractivity contribution is 5.60. The fraction of sp³-hybridized carbons (Fsp3) is 0.0370. The van der Waals surface area contributed by atoms with E-state index in [1.807, 2.05) is 12.1 Å². The van der Waals surface area contributed by atoms with E-state index in [9.17, 15) is 0 Å². The van der Waals surface area contributed by atoms with Gasteiger partial charge in [-0.25, -0.2) is 0 Å². The van der Waals surface area contributed by atoms with Gasteiger partial charge in [0.1, 0.15) is 5.75 Å². The number of hydrogen-bond donors (Lipinski definition) is 0. The van der Waals surface area contributed by atoms with E-state index in [0.717, 1.165) is 5.75 Å². The highest BCUT2D eigenvalue weighted by Crippen LogP contribution is 2.45. The van der Waals surface area contributed by atoms with E-state index in [0.29, 0.717) is 0 Å². The molecule has 0 N–H and O–H groups in total. The molecule has 0 saturated heterocycles. The molecule has 0 atom stereocenters. The van der Waals surface area contributed by atoms with E-state index in [2.05, 4.69) is 110 Å². The predicted octanol–water partition coefficient (Wildman–Crippen LogP) is 6.59. The molecule has 0 fully saturated rings. The highest BCUT2D eigenvalue weighted by atomic mass is 16.5. The molecule has 0 saturated carbocycles. The molecule has 0 unspecified atom stereocenters. The van der Waals surface area contributed by atoms with Crippen LogP contribution in [-0.2, 0) is 5.41 Å². The molecule has 4 aromatic rings. The van der Waals surface area contributed by atoms with Gasteiger partial charge in [-0.15, -0.1) is 0 Å². The summed E-state index contributed by atoms with van der Waals surface area (Å²) in [6, 6.07) is 40.3. The van der Waals surface area contributed by atoms with Crippen LogP contribution in [-0.4, -0.2) is 0 Å². The van der Waals surface area contributed by atoms with Crippen molar-refractivity contribution in [2.24, 2.45) is 0 Å². The van der Waals surface area contributed by atoms with Crippen LogP contribution in [0.3, 0.4) is 0 Å². The van der Waals surface area contributed by atoms with Gasteiger partial charge in [-0.3, -0.25) is 0 Å². The van der Waals surface area contributed by atoms with E-state index < -0.39 is 5.41 Å². The molecule has 0 aliphatic heterocycles. The lowest BCUT2D eigenvalue weighted by Crippen LogP contribution is -2.30. The standard InChI is InChI=1S/C27H22O/c1-2-28-26-20-18-25(19-21-26)27(22-12-6-3-7-13-22,23-14-8-4-9-15-23)24-16-10-5-11-17-24/h2-21H,1H2. The lowest BCUT2D eigenvalue weighted by Gasteiger charge is -2.36. The SMILES string of the molecule is C=COc1ccc(C(c2ccccc2)(c2ccccc2)c2ccccc2)cc1. The van der Waals surface area contributed by atoms with Crippen LogP contribution in [0.2, 0.25) is 0 Å². The second-order valence-electron chi connectivity index (χ2n) is 6.66. The Kier molecular flexibility index (Phi) is 5.07. The molecular formula is C27H22O. The Morgan fingerprint density at radius 3 is 1.21 bits per heavy atom. The first kappa shape index (κ1) is 17.8. The first-order valence-corrected chi connectivity index (χ1v) is 9.40. The minimum Gasteiger partial charge on any atom is -0.466 e. The van der Waals surface area contributed by atoms with Gasteiger partial charge in [0.15, 0.2) is 0 Å². The number of hydrogen-bond acceptors (Lipinski definition) is 1. The van der Waals surface area contributed by atoms with Crippen molar-refractivity contribution in [3.8, 4) is 5.75 Å². The van der Waals surface area contributed by atoms with Gasteiger partial charge in [-0.2, -0.15) is 0 Å². The van der Waals surface area contributed by atoms with E-state index in [1.54, 1.807) is 0 Å². The summed E-state index contributed by atoms with van der Waals surface area (Å²) < 4.78 is 5.45. The highest BCUT2D eigenvalue weighted by Gasteiger charge is 2.38. The third-order valence-electron chi connectivity index (χ3n) is 5.13. The van der Waals surface area contributed by atoms with Gasteiger partial charge < -0.3 is 4.74 Å². The first-order valence-electron chi connectivity index (χ1n) is 9.40. The van der Waals surface area contributed by atoms with Gasteiger partial charge in [0.25, 0.3) is 0 Å². The van der Waals surface area contributed by atoms with Crippen LogP contribution < -0.4 is 4.74 Å². The molecule has 0 bridgehead atoms. The Morgan fingerprint density at radius 2 is 0.857 bits per heavy atom. The fourth-order valence-electron chi connectivity index (χ4n) is 3.94. The largest absolute Gasteiger partial charge is 0.466 e. The monoisotopic (exact) mass is 362 g/mol. The fourth-order valence-corrected chi connectivity index (χ4v) is 3.94. The summed E-state index contributed by atoms with van der Waals surface area (Å²) in [5.41, 5.74) is 4.45. The van der Waals surface area contributed by atoms with Gasteiger partial charge in [-0.1, -0.05) is 110 Å². The van der Waals surface area contributed by atoms with E-state index in [4.69, 9.17) is 4.74 Å². The topological polar surface area (TPSA) is 9.23 Å². The maximum Gasteiger partial charge on any atom is 0.126 e. The molecule has 28 heavy (non-hydrogen) atoms. The van der Waals surface area contributed by atoms with Crippen molar-refractivity contribution >= 4 is 0 Å². The van der Waals surface area contributed by atoms with Crippen molar-refractivity contribution in [2.75, 3.05) is 0 Å². The van der Waals surface area contributed by atoms with Crippen LogP contribution in [0.1, 0.15) is 22.3 Å². The third-order valence-corrected chi connectivity index (χ3v) is 5.13. The molecule has 0 radical (unpaired) electrons. The molecular weight excluding hydrogens is 340 g/mol. The van der Waals surface area contributed by atoms with Gasteiger partial charge in [0.05, 0.1) is 11.7 Å². The Hall–Kier alpha value is -3.58. The van der Waals surface area contributed by atoms with Crippen LogP contribution in [0.5, 0.6) is 5.75 Å². The molecule has 0 aliphatic carbocycles. The second-order valence-corrected chi connectivity index (χ2v) is 6.66. The maximum atomic E-state index is 5.45. The number of rotatable bonds is 6. The Balaban J connectivity index is 2.05. The Labute approximate surface area is 166 Å². The van der Waals surface area contributed by atoms with E-state index in [-0.39, 0.29) is 0 Å². The molecule has 0 amide bonds. The molecule has 4 rings (SSSR count). The van der Waals surface area contributed by atoms with Crippen molar-refractivity contribution in [1.29, 1.82) is 0 Å². The van der Waals surface area contributed by atoms with Gasteiger partial charge >= 0.3 is 0 Å². The lowest BCUT2D eigenvalue weighted by molar-refractivity contribution is 0.483. The Morgan fingerprint density at radius 1 is 0.500 bits per heavy atom. The molecule has 0 aromatic heterocycles. The first-order chi connectivity index (χ1) is 13.9. The minimum absolute atomic E-state index is 0.420. The minimum atomic E-state index is -0.420. The molecule has 136 valence electrons. The van der Waals surface area contributed by atoms with Crippen LogP contribution in [0, 0.1) is 0 Å². The van der Waals surface area contributed by atoms with Crippen LogP contribution in [0.15, 0.2) is 128 Å². The number of benzene rings is 4. The second kappa shape index (κ2) is 7.98. The average molecular weight is 362 g/mol. The zero-order chi connectivity index (χ0) is 19.2. The van der Waals surface area contributed by atoms with E-state index >= 15 is 0 Å². The van der Waals surface area contributed by atoms with Crippen LogP contribution >= 0.6 is 0 Å². The van der Waals surface area contributed by atoms with Gasteiger partial charge in [-0.05, 0) is 34.4 Å². The quantitative estimate of drug-likeness (QED) is 0.278. The van der Waals surface area contributed by atoms with Crippen molar-refractivity contribution in [1.82, 2.24) is 0 Å². The zero-order valence-electron chi connectivity index (χ0n) is 15.7. The van der Waals surface area contributed by atoms with Crippen LogP contribution in [0.25, 0.3) is 0 Å². The normalized spacial score (nSPS) is 11.0. The molecule has 0 aliphatic rings. The van der Waals surface area contributed by atoms with E-state index in [1.165, 1.54) is 28.5 Å². The summed E-state index contributed by atoms with van der Waals surface area (Å²) >= 11 is 0. The van der Waals surface area contributed by atoms with Gasteiger partial charge in [0, 0.05) is 0 Å². The summed E-state index contributed by atoms with van der Waals surface area (Å²) in [6.45, 7) is 3.65. The van der Waals surface area contributed by atoms with Crippen molar-refractivity contribution in [3.05, 3.63) is 150 Å². The third kappa shape index (κ3) is 3.12. The summed E-state index contributed by atoms with van der Waals surface area (Å²) in [5, 5.41) is 0. The molecule has 4 aromatic carbocycles. The summed E-state index contributed by atoms with van der Waals surface area (Å²) in [7, 11) is 0. The van der Waals surface area contributed by atoms with Crippen molar-refractivity contribution < 1.29 is 4.74 Å². The van der Waals surface area contributed by atoms with Crippen molar-refractivity contribution in [3.63, 3.8) is 0 Å². The zero-order valence-corrected chi connectivity index (χ0v) is 15.7. The Bertz CT molecular complexity index is 923. The summed E-state index contributed by atoms with van der Waals surface area (Å²) in [5.74, 6) is 0.779. The predicted molar refractivity (Wildman–Crippen MR) is 116 cm³/mol. The van der Waals surface area contributed by atoms with Crippen LogP contribution in [0.4, 0.5) is 0 Å². The lowest BCUT2D eigenvalue weighted by atomic mass is 9.65. The molecule has 0 heterocycles. The average Bonchev–Trinajstić information content (AvgIpc) is 2.78. The smallest absolute Gasteiger partial charge is 0.126 e. The van der Waals surface area contributed by atoms with Crippen molar-refractivity contribution in [2.45, 2.75) is 5.41 Å². The summed E-state index contributed by atoms with van der Waals surface area (Å²) in [4.78, 5) is 0. The van der Waals surface area contributed by atoms with Gasteiger partial charge in [0.2, 0.25) is 0 Å². The number of ether oxygens (including phenoxy) is 1. The molecule has 0 spiro atoms. The molecule has 1 heteroatoms. The maximum absolute atomic E-state index is 5.45.